The van der Waals surface area contributed by atoms with E-state index in [2.05, 4.69) is 15.3 Å². The molecule has 3 atom stereocenters. The predicted octanol–water partition coefficient (Wildman–Crippen LogP) is 2.27. The molecular weight excluding hydrogens is 272 g/mol. The van der Waals surface area contributed by atoms with E-state index in [9.17, 15) is 9.59 Å². The quantitative estimate of drug-likeness (QED) is 0.337. The van der Waals surface area contributed by atoms with E-state index in [4.69, 9.17) is 10.3 Å². The van der Waals surface area contributed by atoms with Crippen LogP contribution in [0.1, 0.15) is 40.0 Å². The summed E-state index contributed by atoms with van der Waals surface area (Å²) in [6.07, 6.45) is 3.99. The Morgan fingerprint density at radius 3 is 2.76 bits per heavy atom. The van der Waals surface area contributed by atoms with Crippen LogP contribution in [0.5, 0.6) is 0 Å². The lowest BCUT2D eigenvalue weighted by atomic mass is 9.88. The van der Waals surface area contributed by atoms with Crippen LogP contribution < -0.4 is 5.32 Å². The van der Waals surface area contributed by atoms with Crippen LogP contribution in [0.25, 0.3) is 10.4 Å². The normalized spacial score (nSPS) is 25.0. The second kappa shape index (κ2) is 8.44. The number of azide groups is 1. The number of amides is 1. The monoisotopic (exact) mass is 294 g/mol. The van der Waals surface area contributed by atoms with E-state index in [1.165, 1.54) is 6.92 Å². The molecule has 7 nitrogen and oxygen atoms in total. The molecular formula is C14H22N4O3. The lowest BCUT2D eigenvalue weighted by Gasteiger charge is -2.36. The van der Waals surface area contributed by atoms with Crippen molar-refractivity contribution in [1.29, 1.82) is 0 Å². The summed E-state index contributed by atoms with van der Waals surface area (Å²) in [6, 6.07) is -0.980. The topological polar surface area (TPSA) is 104 Å². The number of rotatable bonds is 7. The summed E-state index contributed by atoms with van der Waals surface area (Å²) >= 11 is 0. The van der Waals surface area contributed by atoms with Gasteiger partial charge in [0.25, 0.3) is 0 Å². The van der Waals surface area contributed by atoms with Crippen LogP contribution >= 0.6 is 0 Å². The Balaban J connectivity index is 3.06. The number of aldehydes is 1. The highest BCUT2D eigenvalue weighted by Crippen LogP contribution is 2.25. The van der Waals surface area contributed by atoms with E-state index in [0.717, 1.165) is 19.1 Å². The first kappa shape index (κ1) is 17.2. The van der Waals surface area contributed by atoms with Gasteiger partial charge in [0.15, 0.2) is 0 Å². The minimum Gasteiger partial charge on any atom is -0.369 e. The van der Waals surface area contributed by atoms with Crippen molar-refractivity contribution < 1.29 is 14.3 Å². The summed E-state index contributed by atoms with van der Waals surface area (Å²) in [6.45, 7) is 5.43. The molecule has 7 heteroatoms. The first-order chi connectivity index (χ1) is 10.0. The van der Waals surface area contributed by atoms with Crippen LogP contribution in [0.3, 0.4) is 0 Å². The third-order valence-corrected chi connectivity index (χ3v) is 3.57. The van der Waals surface area contributed by atoms with E-state index in [0.29, 0.717) is 12.0 Å². The van der Waals surface area contributed by atoms with Gasteiger partial charge in [-0.15, -0.1) is 0 Å². The number of nitrogens with one attached hydrogen (secondary N) is 1. The molecule has 1 aliphatic carbocycles. The zero-order valence-electron chi connectivity index (χ0n) is 12.7. The van der Waals surface area contributed by atoms with Crippen molar-refractivity contribution in [3.63, 3.8) is 0 Å². The molecule has 1 rings (SSSR count). The van der Waals surface area contributed by atoms with Crippen molar-refractivity contribution >= 4 is 12.2 Å². The third-order valence-electron chi connectivity index (χ3n) is 3.57. The van der Waals surface area contributed by atoms with E-state index < -0.39 is 18.2 Å². The molecule has 1 N–H and O–H groups in total. The van der Waals surface area contributed by atoms with Gasteiger partial charge in [-0.25, -0.2) is 0 Å². The summed E-state index contributed by atoms with van der Waals surface area (Å²) in [5.41, 5.74) is 9.22. The number of nitrogens with zero attached hydrogens (tertiary/aromatic N) is 3. The van der Waals surface area contributed by atoms with Gasteiger partial charge in [-0.3, -0.25) is 9.59 Å². The number of hydrogen-bond acceptors (Lipinski definition) is 4. The maximum atomic E-state index is 11.4. The minimum atomic E-state index is -0.525. The van der Waals surface area contributed by atoms with Crippen molar-refractivity contribution in [1.82, 2.24) is 5.32 Å². The maximum Gasteiger partial charge on any atom is 0.217 e. The highest BCUT2D eigenvalue weighted by molar-refractivity contribution is 5.75. The molecule has 116 valence electrons. The lowest BCUT2D eigenvalue weighted by Crippen LogP contribution is -2.52. The standard InChI is InChI=1S/C14H22N4O3/c1-4-11(5-2)21-13-7-10(8-19)6-12(17-18-15)14(13)16-9(3)20/h7-8,11-14H,4-6H2,1-3H3,(H,16,20)/t12-,13+,14+/m0/s1. The fourth-order valence-electron chi connectivity index (χ4n) is 2.48. The van der Waals surface area contributed by atoms with Gasteiger partial charge in [0.2, 0.25) is 5.91 Å². The summed E-state index contributed by atoms with van der Waals surface area (Å²) in [7, 11) is 0. The molecule has 0 heterocycles. The molecule has 0 spiro atoms. The van der Waals surface area contributed by atoms with Gasteiger partial charge in [0.05, 0.1) is 24.3 Å². The number of carbonyl (C=O) groups is 2. The second-order valence-corrected chi connectivity index (χ2v) is 5.10. The fourth-order valence-corrected chi connectivity index (χ4v) is 2.48. The lowest BCUT2D eigenvalue weighted by molar-refractivity contribution is -0.121. The van der Waals surface area contributed by atoms with Crippen molar-refractivity contribution in [3.05, 3.63) is 22.1 Å². The molecule has 0 saturated heterocycles. The van der Waals surface area contributed by atoms with E-state index in [-0.39, 0.29) is 12.0 Å². The Labute approximate surface area is 124 Å². The smallest absolute Gasteiger partial charge is 0.217 e. The molecule has 0 radical (unpaired) electrons. The van der Waals surface area contributed by atoms with Gasteiger partial charge in [-0.2, -0.15) is 0 Å². The zero-order valence-corrected chi connectivity index (χ0v) is 12.7. The first-order valence-corrected chi connectivity index (χ1v) is 7.18. The molecule has 1 amide bonds. The fraction of sp³-hybridized carbons (Fsp3) is 0.714. The molecule has 0 saturated carbocycles. The van der Waals surface area contributed by atoms with Crippen molar-refractivity contribution in [3.8, 4) is 0 Å². The number of ether oxygens (including phenoxy) is 1. The van der Waals surface area contributed by atoms with Crippen molar-refractivity contribution in [2.75, 3.05) is 0 Å². The van der Waals surface area contributed by atoms with Crippen LogP contribution in [0.15, 0.2) is 16.8 Å². The molecule has 1 aliphatic rings. The molecule has 0 aromatic heterocycles. The van der Waals surface area contributed by atoms with Crippen molar-refractivity contribution in [2.45, 2.75) is 64.3 Å². The predicted molar refractivity (Wildman–Crippen MR) is 78.5 cm³/mol. The Morgan fingerprint density at radius 2 is 2.29 bits per heavy atom. The van der Waals surface area contributed by atoms with Gasteiger partial charge < -0.3 is 10.1 Å². The average molecular weight is 294 g/mol. The van der Waals surface area contributed by atoms with Crippen molar-refractivity contribution in [2.24, 2.45) is 5.11 Å². The molecule has 21 heavy (non-hydrogen) atoms. The van der Waals surface area contributed by atoms with Crippen LogP contribution in [-0.2, 0) is 14.3 Å². The third kappa shape index (κ3) is 4.88. The van der Waals surface area contributed by atoms with E-state index >= 15 is 0 Å². The average Bonchev–Trinajstić information content (AvgIpc) is 2.47. The highest BCUT2D eigenvalue weighted by atomic mass is 16.5. The Kier molecular flexibility index (Phi) is 6.91. The number of carbonyl (C=O) groups excluding carboxylic acids is 2. The molecule has 0 aromatic rings. The second-order valence-electron chi connectivity index (χ2n) is 5.10. The SMILES string of the molecule is CCC(CC)O[C@@H]1C=C(C=O)C[C@H](N=[N+]=[N-])[C@H]1NC(C)=O. The summed E-state index contributed by atoms with van der Waals surface area (Å²) < 4.78 is 5.98. The largest absolute Gasteiger partial charge is 0.369 e. The van der Waals surface area contributed by atoms with Gasteiger partial charge in [0, 0.05) is 11.8 Å². The summed E-state index contributed by atoms with van der Waals surface area (Å²) in [4.78, 5) is 25.3. The van der Waals surface area contributed by atoms with Gasteiger partial charge in [-0.1, -0.05) is 19.0 Å². The number of hydrogen-bond donors (Lipinski definition) is 1. The molecule has 0 fully saturated rings. The summed E-state index contributed by atoms with van der Waals surface area (Å²) in [5.74, 6) is -0.223. The Hall–Kier alpha value is -1.85. The minimum absolute atomic E-state index is 0.0280. The van der Waals surface area contributed by atoms with Gasteiger partial charge in [0.1, 0.15) is 6.29 Å². The van der Waals surface area contributed by atoms with Gasteiger partial charge in [-0.05, 0) is 36.4 Å². The molecule has 0 aliphatic heterocycles. The van der Waals surface area contributed by atoms with Crippen LogP contribution in [-0.4, -0.2) is 36.5 Å². The van der Waals surface area contributed by atoms with E-state index in [1.807, 2.05) is 13.8 Å². The zero-order chi connectivity index (χ0) is 15.8. The maximum absolute atomic E-state index is 11.4. The molecule has 0 bridgehead atoms. The van der Waals surface area contributed by atoms with Crippen LogP contribution in [0, 0.1) is 0 Å². The van der Waals surface area contributed by atoms with E-state index in [1.54, 1.807) is 6.08 Å². The highest BCUT2D eigenvalue weighted by Gasteiger charge is 2.35. The Morgan fingerprint density at radius 1 is 1.62 bits per heavy atom. The molecule has 0 aromatic carbocycles. The molecule has 0 unspecified atom stereocenters. The first-order valence-electron chi connectivity index (χ1n) is 7.18. The Bertz CT molecular complexity index is 453. The summed E-state index contributed by atoms with van der Waals surface area (Å²) in [5, 5.41) is 6.49. The van der Waals surface area contributed by atoms with Crippen LogP contribution in [0.4, 0.5) is 0 Å². The van der Waals surface area contributed by atoms with Gasteiger partial charge >= 0.3 is 0 Å². The van der Waals surface area contributed by atoms with Crippen LogP contribution in [0.2, 0.25) is 0 Å².